The molecule has 0 bridgehead atoms. The van der Waals surface area contributed by atoms with Crippen molar-refractivity contribution in [2.75, 3.05) is 7.05 Å². The van der Waals surface area contributed by atoms with Gasteiger partial charge >= 0.3 is 5.97 Å². The summed E-state index contributed by atoms with van der Waals surface area (Å²) in [7, 11) is 1.64. The molecule has 0 radical (unpaired) electrons. The minimum atomic E-state index is -0.350. The van der Waals surface area contributed by atoms with Crippen molar-refractivity contribution in [1.29, 1.82) is 0 Å². The number of hydrogen-bond acceptors (Lipinski definition) is 6. The number of rotatable bonds is 4. The Kier molecular flexibility index (Phi) is 13.3. The number of aldehydes is 1. The fraction of sp³-hybridized carbons (Fsp3) is 0.357. The van der Waals surface area contributed by atoms with Crippen molar-refractivity contribution in [3.05, 3.63) is 35.8 Å². The number of esters is 1. The van der Waals surface area contributed by atoms with E-state index in [1.807, 2.05) is 0 Å². The van der Waals surface area contributed by atoms with Gasteiger partial charge in [0.25, 0.3) is 0 Å². The first-order valence-electron chi connectivity index (χ1n) is 5.68. The normalized spacial score (nSPS) is 8.20. The Morgan fingerprint density at radius 1 is 1.45 bits per heavy atom. The van der Waals surface area contributed by atoms with Crippen LogP contribution in [0.5, 0.6) is 0 Å². The SMILES string of the molecule is C=C(C)C=O.C=NC.CC(=O)OCc1ccc(CO)o1. The summed E-state index contributed by atoms with van der Waals surface area (Å²) in [4.78, 5) is 23.0. The lowest BCUT2D eigenvalue weighted by atomic mass is 10.4. The van der Waals surface area contributed by atoms with Gasteiger partial charge in [-0.1, -0.05) is 6.58 Å². The molecule has 0 unspecified atom stereocenters. The molecule has 0 aliphatic rings. The second-order valence-electron chi connectivity index (χ2n) is 3.59. The lowest BCUT2D eigenvalue weighted by molar-refractivity contribution is -0.142. The first-order valence-corrected chi connectivity index (χ1v) is 5.68. The summed E-state index contributed by atoms with van der Waals surface area (Å²) >= 11 is 0. The lowest BCUT2D eigenvalue weighted by Gasteiger charge is -1.96. The van der Waals surface area contributed by atoms with Crippen LogP contribution in [0.1, 0.15) is 25.4 Å². The first kappa shape index (κ1) is 20.1. The Bertz CT molecular complexity index is 423. The van der Waals surface area contributed by atoms with Crippen LogP contribution >= 0.6 is 0 Å². The maximum absolute atomic E-state index is 10.4. The molecular formula is C14H21NO5. The minimum Gasteiger partial charge on any atom is -0.460 e. The summed E-state index contributed by atoms with van der Waals surface area (Å²) in [6.45, 7) is 9.39. The van der Waals surface area contributed by atoms with Crippen LogP contribution < -0.4 is 0 Å². The van der Waals surface area contributed by atoms with Gasteiger partial charge in [-0.2, -0.15) is 0 Å². The molecule has 0 aliphatic heterocycles. The van der Waals surface area contributed by atoms with E-state index in [1.54, 1.807) is 26.1 Å². The van der Waals surface area contributed by atoms with E-state index < -0.39 is 0 Å². The van der Waals surface area contributed by atoms with E-state index in [-0.39, 0.29) is 19.2 Å². The van der Waals surface area contributed by atoms with Crippen LogP contribution in [0.3, 0.4) is 0 Å². The molecule has 6 heteroatoms. The molecule has 0 saturated carbocycles. The summed E-state index contributed by atoms with van der Waals surface area (Å²) in [5.74, 6) is 0.656. The van der Waals surface area contributed by atoms with Crippen molar-refractivity contribution in [3.63, 3.8) is 0 Å². The van der Waals surface area contributed by atoms with Gasteiger partial charge in [-0.05, 0) is 31.3 Å². The van der Waals surface area contributed by atoms with Crippen molar-refractivity contribution < 1.29 is 23.8 Å². The van der Waals surface area contributed by atoms with Crippen molar-refractivity contribution >= 4 is 19.0 Å². The van der Waals surface area contributed by atoms with Gasteiger partial charge in [0.1, 0.15) is 31.0 Å². The van der Waals surface area contributed by atoms with E-state index >= 15 is 0 Å². The second kappa shape index (κ2) is 13.2. The Labute approximate surface area is 118 Å². The molecule has 1 N–H and O–H groups in total. The number of carbonyl (C=O) groups is 2. The van der Waals surface area contributed by atoms with E-state index in [2.05, 4.69) is 23.0 Å². The van der Waals surface area contributed by atoms with E-state index in [0.29, 0.717) is 17.1 Å². The number of hydrogen-bond donors (Lipinski definition) is 1. The van der Waals surface area contributed by atoms with Crippen LogP contribution in [0.2, 0.25) is 0 Å². The molecule has 1 rings (SSSR count). The fourth-order valence-corrected chi connectivity index (χ4v) is 0.758. The van der Waals surface area contributed by atoms with Crippen LogP contribution in [0, 0.1) is 0 Å². The Morgan fingerprint density at radius 2 is 1.90 bits per heavy atom. The number of nitrogens with zero attached hydrogens (tertiary/aromatic N) is 1. The van der Waals surface area contributed by atoms with E-state index in [0.717, 1.165) is 6.29 Å². The molecule has 0 saturated heterocycles. The molecular weight excluding hydrogens is 262 g/mol. The second-order valence-corrected chi connectivity index (χ2v) is 3.59. The molecule has 0 aromatic carbocycles. The van der Waals surface area contributed by atoms with Gasteiger partial charge in [-0.25, -0.2) is 0 Å². The van der Waals surface area contributed by atoms with Gasteiger partial charge < -0.3 is 19.3 Å². The third kappa shape index (κ3) is 13.9. The number of aliphatic imine (C=N–C) groups is 1. The molecule has 0 atom stereocenters. The summed E-state index contributed by atoms with van der Waals surface area (Å²) in [5, 5.41) is 8.63. The third-order valence-electron chi connectivity index (χ3n) is 1.49. The predicted molar refractivity (Wildman–Crippen MR) is 76.5 cm³/mol. The molecule has 112 valence electrons. The van der Waals surface area contributed by atoms with Crippen molar-refractivity contribution in [2.24, 2.45) is 4.99 Å². The quantitative estimate of drug-likeness (QED) is 0.394. The van der Waals surface area contributed by atoms with Gasteiger partial charge in [-0.3, -0.25) is 9.59 Å². The van der Waals surface area contributed by atoms with Crippen LogP contribution in [-0.2, 0) is 27.5 Å². The van der Waals surface area contributed by atoms with E-state index in [4.69, 9.17) is 9.52 Å². The van der Waals surface area contributed by atoms with Crippen LogP contribution in [0.25, 0.3) is 0 Å². The van der Waals surface area contributed by atoms with Crippen molar-refractivity contribution in [2.45, 2.75) is 27.1 Å². The molecule has 0 aliphatic carbocycles. The highest BCUT2D eigenvalue weighted by atomic mass is 16.5. The third-order valence-corrected chi connectivity index (χ3v) is 1.49. The molecule has 1 aromatic heterocycles. The van der Waals surface area contributed by atoms with Gasteiger partial charge in [0.15, 0.2) is 0 Å². The highest BCUT2D eigenvalue weighted by molar-refractivity contribution is 5.70. The van der Waals surface area contributed by atoms with Crippen LogP contribution in [0.15, 0.2) is 33.7 Å². The van der Waals surface area contributed by atoms with Gasteiger partial charge in [-0.15, -0.1) is 0 Å². The number of ether oxygens (including phenoxy) is 1. The molecule has 0 spiro atoms. The number of aliphatic hydroxyl groups is 1. The predicted octanol–water partition coefficient (Wildman–Crippen LogP) is 1.91. The first-order chi connectivity index (χ1) is 9.40. The maximum atomic E-state index is 10.4. The minimum absolute atomic E-state index is 0.120. The summed E-state index contributed by atoms with van der Waals surface area (Å²) in [5.41, 5.74) is 0.574. The topological polar surface area (TPSA) is 89.1 Å². The number of allylic oxidation sites excluding steroid dienone is 1. The molecule has 20 heavy (non-hydrogen) atoms. The van der Waals surface area contributed by atoms with Crippen molar-refractivity contribution in [1.82, 2.24) is 0 Å². The number of carbonyl (C=O) groups excluding carboxylic acids is 2. The summed E-state index contributed by atoms with van der Waals surface area (Å²) in [6.07, 6.45) is 0.722. The van der Waals surface area contributed by atoms with Crippen LogP contribution in [-0.4, -0.2) is 31.1 Å². The fourth-order valence-electron chi connectivity index (χ4n) is 0.758. The average molecular weight is 283 g/mol. The zero-order chi connectivity index (χ0) is 16.0. The maximum Gasteiger partial charge on any atom is 0.303 e. The monoisotopic (exact) mass is 283 g/mol. The van der Waals surface area contributed by atoms with Crippen molar-refractivity contribution in [3.8, 4) is 0 Å². The number of furan rings is 1. The zero-order valence-corrected chi connectivity index (χ0v) is 12.1. The Morgan fingerprint density at radius 3 is 2.20 bits per heavy atom. The Balaban J connectivity index is 0. The van der Waals surface area contributed by atoms with Gasteiger partial charge in [0.2, 0.25) is 0 Å². The van der Waals surface area contributed by atoms with E-state index in [9.17, 15) is 9.59 Å². The molecule has 1 heterocycles. The summed E-state index contributed by atoms with van der Waals surface area (Å²) < 4.78 is 9.73. The number of aliphatic hydroxyl groups excluding tert-OH is 1. The average Bonchev–Trinajstić information content (AvgIpc) is 2.86. The highest BCUT2D eigenvalue weighted by Crippen LogP contribution is 2.08. The standard InChI is InChI=1S/C8H10O4.C4H6O.C2H5N/c1-6(10)11-5-8-3-2-7(4-9)12-8;1-4(2)3-5;1-3-2/h2-3,9H,4-5H2,1H3;3H,1H2,2H3;1H2,2H3. The van der Waals surface area contributed by atoms with Gasteiger partial charge in [0.05, 0.1) is 0 Å². The van der Waals surface area contributed by atoms with Crippen LogP contribution in [0.4, 0.5) is 0 Å². The largest absolute Gasteiger partial charge is 0.460 e. The summed E-state index contributed by atoms with van der Waals surface area (Å²) in [6, 6.07) is 3.30. The molecule has 0 fully saturated rings. The van der Waals surface area contributed by atoms with Gasteiger partial charge in [0, 0.05) is 14.0 Å². The molecule has 0 amide bonds. The lowest BCUT2D eigenvalue weighted by Crippen LogP contribution is -1.97. The zero-order valence-electron chi connectivity index (χ0n) is 12.1. The Hall–Kier alpha value is -2.21. The molecule has 1 aromatic rings. The highest BCUT2D eigenvalue weighted by Gasteiger charge is 2.01. The smallest absolute Gasteiger partial charge is 0.303 e. The van der Waals surface area contributed by atoms with E-state index in [1.165, 1.54) is 6.92 Å². The molecule has 6 nitrogen and oxygen atoms in total.